The van der Waals surface area contributed by atoms with Crippen molar-refractivity contribution in [1.29, 1.82) is 0 Å². The van der Waals surface area contributed by atoms with Crippen molar-refractivity contribution in [2.45, 2.75) is 175 Å². The van der Waals surface area contributed by atoms with Gasteiger partial charge in [0.05, 0.1) is 5.41 Å². The fourth-order valence-electron chi connectivity index (χ4n) is 9.80. The second kappa shape index (κ2) is 14.7. The average molecular weight is 788 g/mol. The molecule has 0 saturated heterocycles. The van der Waals surface area contributed by atoms with Gasteiger partial charge in [-0.2, -0.15) is 0 Å². The molecule has 0 N–H and O–H groups in total. The molecule has 0 aliphatic heterocycles. The molecule has 6 rings (SSSR count). The lowest BCUT2D eigenvalue weighted by Crippen LogP contribution is -2.29. The zero-order valence-electron chi connectivity index (χ0n) is 36.5. The van der Waals surface area contributed by atoms with Gasteiger partial charge < -0.3 is 0 Å². The van der Waals surface area contributed by atoms with Gasteiger partial charge in [-0.15, -0.1) is 0 Å². The van der Waals surface area contributed by atoms with Crippen molar-refractivity contribution in [1.82, 2.24) is 0 Å². The molecule has 0 amide bonds. The van der Waals surface area contributed by atoms with E-state index in [0.717, 1.165) is 24.7 Å². The summed E-state index contributed by atoms with van der Waals surface area (Å²) in [4.78, 5) is 0. The molecule has 54 heavy (non-hydrogen) atoms. The Bertz CT molecular complexity index is 1930. The van der Waals surface area contributed by atoms with E-state index in [4.69, 9.17) is 0 Å². The van der Waals surface area contributed by atoms with Crippen molar-refractivity contribution in [2.75, 3.05) is 0 Å². The Morgan fingerprint density at radius 3 is 1.31 bits per heavy atom. The largest absolute Gasteiger partial charge is 0.0726 e. The van der Waals surface area contributed by atoms with Crippen LogP contribution in [0.3, 0.4) is 0 Å². The predicted molar refractivity (Wildman–Crippen MR) is 241 cm³/mol. The topological polar surface area (TPSA) is 0 Å². The van der Waals surface area contributed by atoms with Crippen molar-refractivity contribution in [3.63, 3.8) is 0 Å². The summed E-state index contributed by atoms with van der Waals surface area (Å²) >= 11 is 4.22. The van der Waals surface area contributed by atoms with Crippen LogP contribution in [0, 0.1) is 11.8 Å². The molecule has 4 aromatic carbocycles. The second-order valence-corrected chi connectivity index (χ2v) is 21.7. The fraction of sp³-hybridized carbons (Fsp3) is 0.547. The minimum absolute atomic E-state index is 0.00639. The van der Waals surface area contributed by atoms with Crippen LogP contribution in [0.5, 0.6) is 0 Å². The van der Waals surface area contributed by atoms with Gasteiger partial charge in [-0.25, -0.2) is 0 Å². The highest BCUT2D eigenvalue weighted by Gasteiger charge is 2.53. The molecule has 1 spiro atoms. The van der Waals surface area contributed by atoms with Crippen LogP contribution in [-0.4, -0.2) is 0 Å². The van der Waals surface area contributed by atoms with Crippen molar-refractivity contribution >= 4 is 15.9 Å². The summed E-state index contributed by atoms with van der Waals surface area (Å²) in [6.45, 7) is 33.6. The Kier molecular flexibility index (Phi) is 11.2. The highest BCUT2D eigenvalue weighted by molar-refractivity contribution is 9.10. The molecule has 0 nitrogen and oxygen atoms in total. The standard InChI is InChI=1S/C53H71Br/c1-15-51(13,27-17-19-34(3)4)37-22-24-40-41-25-23-38(52(14,16-2)28-18-20-35(5)6)31-44(41)53(43(40)30-37)45-29-36(49(7,8)9)21-26-42(45)48-46(53)32-39(33-47(48)54)50(10,11)12/h21-26,29-35H,15-20,27-28H2,1-14H3. The van der Waals surface area contributed by atoms with E-state index < -0.39 is 5.41 Å². The molecule has 0 fully saturated rings. The van der Waals surface area contributed by atoms with Crippen LogP contribution < -0.4 is 0 Å². The molecule has 0 aromatic heterocycles. The summed E-state index contributed by atoms with van der Waals surface area (Å²) in [5.74, 6) is 1.47. The van der Waals surface area contributed by atoms with Gasteiger partial charge in [0, 0.05) is 10.0 Å². The van der Waals surface area contributed by atoms with Crippen LogP contribution in [-0.2, 0) is 27.1 Å². The van der Waals surface area contributed by atoms with Gasteiger partial charge in [0.25, 0.3) is 0 Å². The maximum Gasteiger partial charge on any atom is 0.0726 e. The Hall–Kier alpha value is -2.64. The van der Waals surface area contributed by atoms with E-state index in [9.17, 15) is 0 Å². The number of benzene rings is 4. The van der Waals surface area contributed by atoms with Crippen molar-refractivity contribution < 1.29 is 0 Å². The van der Waals surface area contributed by atoms with Gasteiger partial charge in [-0.1, -0.05) is 199 Å². The third-order valence-electron chi connectivity index (χ3n) is 14.0. The molecule has 2 aliphatic carbocycles. The first-order chi connectivity index (χ1) is 25.2. The third kappa shape index (κ3) is 7.01. The van der Waals surface area contributed by atoms with Crippen LogP contribution in [0.4, 0.5) is 0 Å². The first-order valence-electron chi connectivity index (χ1n) is 21.5. The lowest BCUT2D eigenvalue weighted by Gasteiger charge is -2.36. The molecule has 0 heterocycles. The average Bonchev–Trinajstić information content (AvgIpc) is 3.56. The molecule has 2 atom stereocenters. The number of hydrogen-bond donors (Lipinski definition) is 0. The van der Waals surface area contributed by atoms with Gasteiger partial charge in [0.2, 0.25) is 0 Å². The van der Waals surface area contributed by atoms with E-state index in [2.05, 4.69) is 180 Å². The number of rotatable bonds is 12. The quantitative estimate of drug-likeness (QED) is 0.116. The van der Waals surface area contributed by atoms with E-state index in [0.29, 0.717) is 0 Å². The van der Waals surface area contributed by atoms with Crippen LogP contribution >= 0.6 is 15.9 Å². The maximum atomic E-state index is 4.22. The molecule has 2 aliphatic rings. The third-order valence-corrected chi connectivity index (χ3v) is 14.7. The van der Waals surface area contributed by atoms with Gasteiger partial charge >= 0.3 is 0 Å². The van der Waals surface area contributed by atoms with Gasteiger partial charge in [0.15, 0.2) is 0 Å². The number of hydrogen-bond acceptors (Lipinski definition) is 0. The van der Waals surface area contributed by atoms with Gasteiger partial charge in [-0.3, -0.25) is 0 Å². The number of fused-ring (bicyclic) bond motifs is 10. The Morgan fingerprint density at radius 1 is 0.500 bits per heavy atom. The van der Waals surface area contributed by atoms with Crippen LogP contribution in [0.15, 0.2) is 71.2 Å². The van der Waals surface area contributed by atoms with Crippen molar-refractivity contribution in [2.24, 2.45) is 11.8 Å². The molecule has 290 valence electrons. The molecule has 0 saturated carbocycles. The highest BCUT2D eigenvalue weighted by atomic mass is 79.9. The first kappa shape index (κ1) is 41.0. The molecule has 2 unspecified atom stereocenters. The van der Waals surface area contributed by atoms with E-state index in [1.165, 1.54) is 110 Å². The molecule has 4 aromatic rings. The van der Waals surface area contributed by atoms with Gasteiger partial charge in [0.1, 0.15) is 0 Å². The highest BCUT2D eigenvalue weighted by Crippen LogP contribution is 2.65. The summed E-state index contributed by atoms with van der Waals surface area (Å²) < 4.78 is 1.22. The zero-order valence-corrected chi connectivity index (χ0v) is 38.1. The minimum Gasteiger partial charge on any atom is -0.0645 e. The Labute approximate surface area is 339 Å². The molecule has 0 radical (unpaired) electrons. The maximum absolute atomic E-state index is 4.22. The van der Waals surface area contributed by atoms with E-state index in [-0.39, 0.29) is 21.7 Å². The zero-order chi connectivity index (χ0) is 39.6. The normalized spacial score (nSPS) is 18.5. The molecule has 1 heteroatoms. The van der Waals surface area contributed by atoms with Crippen LogP contribution in [0.2, 0.25) is 0 Å². The van der Waals surface area contributed by atoms with E-state index in [1.807, 2.05) is 0 Å². The van der Waals surface area contributed by atoms with Crippen molar-refractivity contribution in [3.05, 3.63) is 116 Å². The van der Waals surface area contributed by atoms with E-state index in [1.54, 1.807) is 0 Å². The van der Waals surface area contributed by atoms with Crippen LogP contribution in [0.25, 0.3) is 22.3 Å². The SMILES string of the molecule is CCC(C)(CCCC(C)C)c1ccc2c(c1)C1(c3cc(C(C)(CC)CCCC(C)C)ccc3-2)c2cc(C(C)(C)C)ccc2-c2c(Br)cc(C(C)(C)C)cc21. The monoisotopic (exact) mass is 786 g/mol. The summed E-state index contributed by atoms with van der Waals surface area (Å²) in [6, 6.07) is 27.9. The number of halogens is 1. The predicted octanol–water partition coefficient (Wildman–Crippen LogP) is 16.4. The smallest absolute Gasteiger partial charge is 0.0645 e. The second-order valence-electron chi connectivity index (χ2n) is 20.8. The Morgan fingerprint density at radius 2 is 0.889 bits per heavy atom. The van der Waals surface area contributed by atoms with Crippen LogP contribution in [0.1, 0.15) is 193 Å². The first-order valence-corrected chi connectivity index (χ1v) is 22.3. The summed E-state index contributed by atoms with van der Waals surface area (Å²) in [5, 5.41) is 0. The molecular weight excluding hydrogens is 716 g/mol. The lowest BCUT2D eigenvalue weighted by molar-refractivity contribution is 0.382. The minimum atomic E-state index is -0.411. The van der Waals surface area contributed by atoms with Gasteiger partial charge in [-0.05, 0) is 126 Å². The van der Waals surface area contributed by atoms with E-state index >= 15 is 0 Å². The molecule has 0 bridgehead atoms. The molecular formula is C53H71Br. The Balaban J connectivity index is 1.73. The summed E-state index contributed by atoms with van der Waals surface area (Å²) in [5.41, 5.74) is 17.1. The summed E-state index contributed by atoms with van der Waals surface area (Å²) in [6.07, 6.45) is 9.82. The van der Waals surface area contributed by atoms with Crippen molar-refractivity contribution in [3.8, 4) is 22.3 Å². The summed E-state index contributed by atoms with van der Waals surface area (Å²) in [7, 11) is 0. The fourth-order valence-corrected chi connectivity index (χ4v) is 10.5. The lowest BCUT2D eigenvalue weighted by atomic mass is 9.66.